The van der Waals surface area contributed by atoms with E-state index in [0.717, 1.165) is 50.4 Å². The number of benzene rings is 3. The molecule has 0 unspecified atom stereocenters. The highest BCUT2D eigenvalue weighted by Gasteiger charge is 2.34. The van der Waals surface area contributed by atoms with Gasteiger partial charge in [-0.25, -0.2) is 0 Å². The molecule has 2 heterocycles. The maximum absolute atomic E-state index is 13.6. The van der Waals surface area contributed by atoms with E-state index in [9.17, 15) is 4.79 Å². The number of methoxy groups -OCH3 is 2. The molecule has 5 rings (SSSR count). The van der Waals surface area contributed by atoms with Gasteiger partial charge >= 0.3 is 0 Å². The zero-order valence-electron chi connectivity index (χ0n) is 18.8. The van der Waals surface area contributed by atoms with Crippen molar-refractivity contribution >= 4 is 5.91 Å². The fourth-order valence-electron chi connectivity index (χ4n) is 4.45. The first-order chi connectivity index (χ1) is 16.1. The topological polar surface area (TPSA) is 67.4 Å². The number of amides is 1. The Morgan fingerprint density at radius 2 is 1.64 bits per heavy atom. The van der Waals surface area contributed by atoms with Gasteiger partial charge in [-0.05, 0) is 71.1 Å². The second-order valence-electron chi connectivity index (χ2n) is 8.15. The lowest BCUT2D eigenvalue weighted by molar-refractivity contribution is 0.0715. The van der Waals surface area contributed by atoms with Crippen LogP contribution in [0.4, 0.5) is 0 Å². The van der Waals surface area contributed by atoms with Gasteiger partial charge in [0.05, 0.1) is 26.5 Å². The fraction of sp³-hybridized carbons (Fsp3) is 0.185. The van der Waals surface area contributed by atoms with Crippen molar-refractivity contribution in [3.63, 3.8) is 0 Å². The predicted molar refractivity (Wildman–Crippen MR) is 127 cm³/mol. The van der Waals surface area contributed by atoms with Crippen LogP contribution in [-0.2, 0) is 6.54 Å². The summed E-state index contributed by atoms with van der Waals surface area (Å²) in [7, 11) is 3.31. The Morgan fingerprint density at radius 1 is 0.909 bits per heavy atom. The number of carbonyl (C=O) groups excluding carboxylic acids is 1. The van der Waals surface area contributed by atoms with Crippen molar-refractivity contribution in [2.24, 2.45) is 0 Å². The first kappa shape index (κ1) is 20.8. The normalized spacial score (nSPS) is 13.7. The van der Waals surface area contributed by atoms with Crippen molar-refractivity contribution in [1.29, 1.82) is 0 Å². The van der Waals surface area contributed by atoms with Gasteiger partial charge in [-0.3, -0.25) is 9.89 Å². The highest BCUT2D eigenvalue weighted by molar-refractivity contribution is 6.02. The van der Waals surface area contributed by atoms with Gasteiger partial charge in [-0.2, -0.15) is 5.10 Å². The SMILES string of the molecule is COc1cccc(-c2cc(-c3cn[nH]c3)cc3c2CN([C@H](C)c2cccc(OC)c2)C3=O)c1. The summed E-state index contributed by atoms with van der Waals surface area (Å²) in [5.41, 5.74) is 6.71. The van der Waals surface area contributed by atoms with Crippen LogP contribution in [0, 0.1) is 0 Å². The van der Waals surface area contributed by atoms with E-state index in [1.54, 1.807) is 20.4 Å². The lowest BCUT2D eigenvalue weighted by atomic mass is 9.92. The number of aromatic nitrogens is 2. The molecule has 1 aliphatic rings. The van der Waals surface area contributed by atoms with Gasteiger partial charge < -0.3 is 14.4 Å². The molecule has 0 saturated carbocycles. The molecule has 1 atom stereocenters. The number of fused-ring (bicyclic) bond motifs is 1. The minimum atomic E-state index is -0.101. The van der Waals surface area contributed by atoms with Crippen molar-refractivity contribution < 1.29 is 14.3 Å². The van der Waals surface area contributed by atoms with Gasteiger partial charge in [-0.1, -0.05) is 24.3 Å². The molecule has 33 heavy (non-hydrogen) atoms. The molecule has 1 aliphatic heterocycles. The van der Waals surface area contributed by atoms with Crippen LogP contribution < -0.4 is 9.47 Å². The standard InChI is InChI=1S/C27H25N3O3/c1-17(18-6-4-8-22(10-18)32-2)30-16-26-24(19-7-5-9-23(11-19)33-3)12-20(13-25(26)27(30)31)21-14-28-29-15-21/h4-15,17H,16H2,1-3H3,(H,28,29)/t17-/m1/s1. The predicted octanol–water partition coefficient (Wildman–Crippen LogP) is 5.48. The van der Waals surface area contributed by atoms with Crippen molar-refractivity contribution in [2.75, 3.05) is 14.2 Å². The average molecular weight is 440 g/mol. The third-order valence-corrected chi connectivity index (χ3v) is 6.33. The van der Waals surface area contributed by atoms with Gasteiger partial charge in [0, 0.05) is 23.9 Å². The summed E-state index contributed by atoms with van der Waals surface area (Å²) in [6, 6.07) is 19.8. The van der Waals surface area contributed by atoms with E-state index < -0.39 is 0 Å². The molecule has 1 aromatic heterocycles. The maximum atomic E-state index is 13.6. The molecule has 4 aromatic rings. The molecule has 3 aromatic carbocycles. The van der Waals surface area contributed by atoms with E-state index in [4.69, 9.17) is 9.47 Å². The van der Waals surface area contributed by atoms with Gasteiger partial charge in [0.2, 0.25) is 0 Å². The number of carbonyl (C=O) groups is 1. The third kappa shape index (κ3) is 3.74. The van der Waals surface area contributed by atoms with Crippen molar-refractivity contribution in [2.45, 2.75) is 19.5 Å². The molecule has 6 nitrogen and oxygen atoms in total. The zero-order chi connectivity index (χ0) is 22.9. The molecule has 0 spiro atoms. The number of nitrogens with zero attached hydrogens (tertiary/aromatic N) is 2. The highest BCUT2D eigenvalue weighted by atomic mass is 16.5. The second kappa shape index (κ2) is 8.47. The van der Waals surface area contributed by atoms with Crippen molar-refractivity contribution in [3.8, 4) is 33.8 Å². The lowest BCUT2D eigenvalue weighted by Crippen LogP contribution is -2.27. The Bertz CT molecular complexity index is 1310. The van der Waals surface area contributed by atoms with Crippen molar-refractivity contribution in [1.82, 2.24) is 15.1 Å². The average Bonchev–Trinajstić information content (AvgIpc) is 3.52. The highest BCUT2D eigenvalue weighted by Crippen LogP contribution is 2.40. The maximum Gasteiger partial charge on any atom is 0.255 e. The number of ether oxygens (including phenoxy) is 2. The van der Waals surface area contributed by atoms with Gasteiger partial charge in [-0.15, -0.1) is 0 Å². The summed E-state index contributed by atoms with van der Waals surface area (Å²) in [5, 5.41) is 6.95. The summed E-state index contributed by atoms with van der Waals surface area (Å²) in [5.74, 6) is 1.58. The molecule has 166 valence electrons. The summed E-state index contributed by atoms with van der Waals surface area (Å²) in [4.78, 5) is 15.6. The summed E-state index contributed by atoms with van der Waals surface area (Å²) < 4.78 is 10.8. The molecular weight excluding hydrogens is 414 g/mol. The van der Waals surface area contributed by atoms with Crippen LogP contribution in [0.25, 0.3) is 22.3 Å². The Kier molecular flexibility index (Phi) is 5.34. The number of aromatic amines is 1. The Labute approximate surface area is 192 Å². The van der Waals surface area contributed by atoms with Crippen LogP contribution >= 0.6 is 0 Å². The van der Waals surface area contributed by atoms with Crippen LogP contribution in [0.5, 0.6) is 11.5 Å². The van der Waals surface area contributed by atoms with Crippen LogP contribution in [0.2, 0.25) is 0 Å². The van der Waals surface area contributed by atoms with Crippen LogP contribution in [-0.4, -0.2) is 35.2 Å². The fourth-order valence-corrected chi connectivity index (χ4v) is 4.45. The number of rotatable bonds is 6. The number of hydrogen-bond acceptors (Lipinski definition) is 4. The van der Waals surface area contributed by atoms with E-state index in [-0.39, 0.29) is 11.9 Å². The Balaban J connectivity index is 1.61. The van der Waals surface area contributed by atoms with E-state index in [0.29, 0.717) is 6.54 Å². The van der Waals surface area contributed by atoms with E-state index in [1.807, 2.05) is 59.6 Å². The molecule has 1 N–H and O–H groups in total. The molecule has 0 bridgehead atoms. The quantitative estimate of drug-likeness (QED) is 0.432. The number of hydrogen-bond donors (Lipinski definition) is 1. The summed E-state index contributed by atoms with van der Waals surface area (Å²) >= 11 is 0. The minimum absolute atomic E-state index is 0.0230. The first-order valence-electron chi connectivity index (χ1n) is 10.8. The first-order valence-corrected chi connectivity index (χ1v) is 10.8. The van der Waals surface area contributed by atoms with Gasteiger partial charge in [0.25, 0.3) is 5.91 Å². The summed E-state index contributed by atoms with van der Waals surface area (Å²) in [6.07, 6.45) is 3.61. The smallest absolute Gasteiger partial charge is 0.255 e. The summed E-state index contributed by atoms with van der Waals surface area (Å²) in [6.45, 7) is 2.59. The molecule has 0 fully saturated rings. The molecule has 0 radical (unpaired) electrons. The van der Waals surface area contributed by atoms with Gasteiger partial charge in [0.15, 0.2) is 0 Å². The Morgan fingerprint density at radius 3 is 2.36 bits per heavy atom. The van der Waals surface area contributed by atoms with E-state index in [1.165, 1.54) is 0 Å². The number of nitrogens with one attached hydrogen (secondary N) is 1. The van der Waals surface area contributed by atoms with Crippen molar-refractivity contribution in [3.05, 3.63) is 89.7 Å². The monoisotopic (exact) mass is 439 g/mol. The molecule has 6 heteroatoms. The molecule has 0 aliphatic carbocycles. The molecular formula is C27H25N3O3. The van der Waals surface area contributed by atoms with E-state index >= 15 is 0 Å². The Hall–Kier alpha value is -4.06. The second-order valence-corrected chi connectivity index (χ2v) is 8.15. The molecule has 1 amide bonds. The largest absolute Gasteiger partial charge is 0.497 e. The van der Waals surface area contributed by atoms with Crippen LogP contribution in [0.1, 0.15) is 34.5 Å². The third-order valence-electron chi connectivity index (χ3n) is 6.33. The lowest BCUT2D eigenvalue weighted by Gasteiger charge is -2.25. The van der Waals surface area contributed by atoms with Crippen LogP contribution in [0.15, 0.2) is 73.1 Å². The van der Waals surface area contributed by atoms with E-state index in [2.05, 4.69) is 29.3 Å². The van der Waals surface area contributed by atoms with Crippen LogP contribution in [0.3, 0.4) is 0 Å². The zero-order valence-corrected chi connectivity index (χ0v) is 18.8. The number of H-pyrrole nitrogens is 1. The molecule has 0 saturated heterocycles. The van der Waals surface area contributed by atoms with Gasteiger partial charge in [0.1, 0.15) is 11.5 Å². The minimum Gasteiger partial charge on any atom is -0.497 e.